The molecule has 0 aromatic rings. The van der Waals surface area contributed by atoms with Gasteiger partial charge in [-0.15, -0.1) is 0 Å². The quantitative estimate of drug-likeness (QED) is 0.317. The Labute approximate surface area is 197 Å². The number of hydrogen-bond acceptors (Lipinski definition) is 6. The van der Waals surface area contributed by atoms with Gasteiger partial charge in [-0.2, -0.15) is 0 Å². The van der Waals surface area contributed by atoms with Crippen molar-refractivity contribution in [1.29, 1.82) is 0 Å². The number of rotatable bonds is 8. The number of hydrogen-bond donors (Lipinski definition) is 2. The molecule has 33 heavy (non-hydrogen) atoms. The third kappa shape index (κ3) is 5.07. The number of aliphatic hydroxyl groups excluding tert-OH is 1. The predicted molar refractivity (Wildman–Crippen MR) is 127 cm³/mol. The fraction of sp³-hybridized carbons (Fsp3) is 0.667. The van der Waals surface area contributed by atoms with E-state index in [0.717, 1.165) is 25.3 Å². The van der Waals surface area contributed by atoms with E-state index in [1.807, 2.05) is 33.8 Å². The Bertz CT molecular complexity index is 913. The van der Waals surface area contributed by atoms with Crippen LogP contribution in [0.5, 0.6) is 0 Å². The van der Waals surface area contributed by atoms with Crippen LogP contribution in [0.15, 0.2) is 34.6 Å². The molecule has 0 saturated carbocycles. The van der Waals surface area contributed by atoms with E-state index in [1.165, 1.54) is 5.57 Å². The first kappa shape index (κ1) is 27.2. The minimum Gasteiger partial charge on any atom is -0.488 e. The maximum absolute atomic E-state index is 13.6. The zero-order valence-electron chi connectivity index (χ0n) is 21.4. The number of carbonyl (C=O) groups is 3. The molecule has 0 amide bonds. The van der Waals surface area contributed by atoms with Crippen LogP contribution in [0, 0.1) is 11.3 Å². The van der Waals surface area contributed by atoms with Crippen molar-refractivity contribution in [3.8, 4) is 0 Å². The van der Waals surface area contributed by atoms with E-state index in [4.69, 9.17) is 4.74 Å². The molecule has 1 aliphatic heterocycles. The lowest BCUT2D eigenvalue weighted by molar-refractivity contribution is -0.178. The first-order valence-corrected chi connectivity index (χ1v) is 11.9. The van der Waals surface area contributed by atoms with Gasteiger partial charge >= 0.3 is 0 Å². The van der Waals surface area contributed by atoms with Crippen molar-refractivity contribution in [1.82, 2.24) is 0 Å². The zero-order chi connectivity index (χ0) is 25.4. The van der Waals surface area contributed by atoms with Gasteiger partial charge in [0, 0.05) is 5.92 Å². The average molecular weight is 461 g/mol. The fourth-order valence-corrected chi connectivity index (χ4v) is 4.46. The molecule has 0 unspecified atom stereocenters. The summed E-state index contributed by atoms with van der Waals surface area (Å²) < 4.78 is 6.12. The Kier molecular flexibility index (Phi) is 7.97. The van der Waals surface area contributed by atoms with Crippen LogP contribution in [-0.4, -0.2) is 44.9 Å². The molecule has 0 spiro atoms. The number of aliphatic hydroxyl groups is 2. The van der Waals surface area contributed by atoms with E-state index in [9.17, 15) is 24.6 Å². The molecule has 0 bridgehead atoms. The second-order valence-electron chi connectivity index (χ2n) is 10.7. The largest absolute Gasteiger partial charge is 0.488 e. The van der Waals surface area contributed by atoms with Crippen molar-refractivity contribution in [3.05, 3.63) is 34.6 Å². The minimum atomic E-state index is -2.36. The number of ether oxygens (including phenoxy) is 1. The van der Waals surface area contributed by atoms with Gasteiger partial charge in [0.1, 0.15) is 16.9 Å². The van der Waals surface area contributed by atoms with E-state index in [-0.39, 0.29) is 24.2 Å². The van der Waals surface area contributed by atoms with Crippen LogP contribution in [0.2, 0.25) is 0 Å². The Morgan fingerprint density at radius 1 is 1.18 bits per heavy atom. The van der Waals surface area contributed by atoms with Crippen LogP contribution in [-0.2, 0) is 19.1 Å². The number of carbonyl (C=O) groups excluding carboxylic acids is 3. The summed E-state index contributed by atoms with van der Waals surface area (Å²) in [6.07, 6.45) is 5.26. The molecular formula is C27H40O6. The average Bonchev–Trinajstić information content (AvgIpc) is 2.72. The Hall–Kier alpha value is -2.05. The minimum absolute atomic E-state index is 0.0120. The van der Waals surface area contributed by atoms with E-state index in [0.29, 0.717) is 6.42 Å². The molecule has 2 N–H and O–H groups in total. The highest BCUT2D eigenvalue weighted by molar-refractivity contribution is 6.33. The molecule has 184 valence electrons. The van der Waals surface area contributed by atoms with Crippen LogP contribution < -0.4 is 0 Å². The van der Waals surface area contributed by atoms with Gasteiger partial charge in [0.2, 0.25) is 5.78 Å². The molecule has 1 saturated heterocycles. The highest BCUT2D eigenvalue weighted by atomic mass is 16.5. The van der Waals surface area contributed by atoms with Gasteiger partial charge < -0.3 is 14.9 Å². The first-order chi connectivity index (χ1) is 15.1. The molecular weight excluding hydrogens is 420 g/mol. The summed E-state index contributed by atoms with van der Waals surface area (Å²) in [7, 11) is 0. The highest BCUT2D eigenvalue weighted by Crippen LogP contribution is 2.53. The van der Waals surface area contributed by atoms with Crippen LogP contribution in [0.1, 0.15) is 87.5 Å². The fourth-order valence-electron chi connectivity index (χ4n) is 4.46. The summed E-state index contributed by atoms with van der Waals surface area (Å²) in [4.78, 5) is 40.2. The highest BCUT2D eigenvalue weighted by Gasteiger charge is 2.64. The van der Waals surface area contributed by atoms with Crippen molar-refractivity contribution >= 4 is 17.3 Å². The van der Waals surface area contributed by atoms with Gasteiger partial charge in [-0.3, -0.25) is 14.4 Å². The Morgan fingerprint density at radius 3 is 2.33 bits per heavy atom. The monoisotopic (exact) mass is 460 g/mol. The van der Waals surface area contributed by atoms with E-state index < -0.39 is 46.0 Å². The van der Waals surface area contributed by atoms with E-state index in [2.05, 4.69) is 6.08 Å². The molecule has 2 aliphatic rings. The van der Waals surface area contributed by atoms with Gasteiger partial charge in [-0.1, -0.05) is 37.1 Å². The molecule has 6 nitrogen and oxygen atoms in total. The lowest BCUT2D eigenvalue weighted by atomic mass is 9.59. The zero-order valence-corrected chi connectivity index (χ0v) is 21.4. The summed E-state index contributed by atoms with van der Waals surface area (Å²) in [5.74, 6) is -2.54. The van der Waals surface area contributed by atoms with E-state index in [1.54, 1.807) is 20.8 Å². The maximum atomic E-state index is 13.6. The van der Waals surface area contributed by atoms with Crippen molar-refractivity contribution in [2.45, 2.75) is 105 Å². The van der Waals surface area contributed by atoms with Gasteiger partial charge in [0.05, 0.1) is 11.5 Å². The SMILES string of the molecule is CC[C@@H](C)C(=O)C1=C2OC(C)(C)[C@@H](O)C[C@]2(C/C=C(\C)CCC=C(C)C)C(=O)[C@](C)(O)C1=O. The van der Waals surface area contributed by atoms with Gasteiger partial charge in [0.25, 0.3) is 0 Å². The lowest BCUT2D eigenvalue weighted by Crippen LogP contribution is -2.63. The standard InChI is InChI=1S/C27H40O6/c1-9-18(5)21(29)20-22(30)26(8,32)24(31)27(14-13-17(4)12-10-11-16(2)3)15-19(28)25(6,7)33-23(20)27/h11,13,18-19,28,32H,9-10,12,14-15H2,1-8H3/b17-13+/t18-,19+,26-,27+/m1/s1. The smallest absolute Gasteiger partial charge is 0.208 e. The van der Waals surface area contributed by atoms with Crippen molar-refractivity contribution in [3.63, 3.8) is 0 Å². The normalized spacial score (nSPS) is 30.5. The molecule has 1 aliphatic carbocycles. The molecule has 0 aromatic carbocycles. The van der Waals surface area contributed by atoms with Crippen LogP contribution >= 0.6 is 0 Å². The summed E-state index contributed by atoms with van der Waals surface area (Å²) in [5.41, 5.74) is -2.91. The second kappa shape index (κ2) is 9.67. The molecule has 0 aromatic heterocycles. The molecule has 6 heteroatoms. The third-order valence-corrected chi connectivity index (χ3v) is 7.11. The van der Waals surface area contributed by atoms with Crippen LogP contribution in [0.4, 0.5) is 0 Å². The Morgan fingerprint density at radius 2 is 1.79 bits per heavy atom. The topological polar surface area (TPSA) is 101 Å². The number of ketones is 3. The summed E-state index contributed by atoms with van der Waals surface area (Å²) in [5, 5.41) is 21.9. The van der Waals surface area contributed by atoms with Crippen molar-refractivity contribution in [2.75, 3.05) is 0 Å². The third-order valence-electron chi connectivity index (χ3n) is 7.11. The predicted octanol–water partition coefficient (Wildman–Crippen LogP) is 4.39. The van der Waals surface area contributed by atoms with Crippen LogP contribution in [0.3, 0.4) is 0 Å². The Balaban J connectivity index is 2.69. The lowest BCUT2D eigenvalue weighted by Gasteiger charge is -2.51. The number of allylic oxidation sites excluding steroid dienone is 5. The molecule has 4 atom stereocenters. The molecule has 2 rings (SSSR count). The maximum Gasteiger partial charge on any atom is 0.208 e. The second-order valence-corrected chi connectivity index (χ2v) is 10.7. The number of fused-ring (bicyclic) bond motifs is 1. The summed E-state index contributed by atoms with van der Waals surface area (Å²) in [6, 6.07) is 0. The molecule has 1 heterocycles. The summed E-state index contributed by atoms with van der Waals surface area (Å²) in [6.45, 7) is 14.1. The number of Topliss-reactive ketones (excluding diaryl/α,β-unsaturated/α-hetero) is 3. The van der Waals surface area contributed by atoms with Crippen molar-refractivity contribution in [2.24, 2.45) is 11.3 Å². The van der Waals surface area contributed by atoms with Crippen LogP contribution in [0.25, 0.3) is 0 Å². The van der Waals surface area contributed by atoms with Crippen molar-refractivity contribution < 1.29 is 29.3 Å². The summed E-state index contributed by atoms with van der Waals surface area (Å²) >= 11 is 0. The van der Waals surface area contributed by atoms with Gasteiger partial charge in [-0.05, 0) is 73.6 Å². The van der Waals surface area contributed by atoms with Gasteiger partial charge in [-0.25, -0.2) is 0 Å². The first-order valence-electron chi connectivity index (χ1n) is 11.9. The van der Waals surface area contributed by atoms with Gasteiger partial charge in [0.15, 0.2) is 17.2 Å². The molecule has 1 fully saturated rings. The molecule has 0 radical (unpaired) electrons. The van der Waals surface area contributed by atoms with E-state index >= 15 is 0 Å².